The molecule has 6 nitrogen and oxygen atoms in total. The highest BCUT2D eigenvalue weighted by Gasteiger charge is 2.31. The van der Waals surface area contributed by atoms with Gasteiger partial charge in [-0.1, -0.05) is 29.4 Å². The van der Waals surface area contributed by atoms with Gasteiger partial charge in [-0.2, -0.15) is 0 Å². The van der Waals surface area contributed by atoms with E-state index < -0.39 is 17.7 Å². The number of hydrogen-bond donors (Lipinski definition) is 0. The first-order valence-corrected chi connectivity index (χ1v) is 7.10. The summed E-state index contributed by atoms with van der Waals surface area (Å²) in [6, 6.07) is 4.01. The molecule has 8 heteroatoms. The van der Waals surface area contributed by atoms with Crippen LogP contribution in [0.25, 0.3) is 16.8 Å². The Hall–Kier alpha value is -2.67. The molecule has 1 amide bonds. The Labute approximate surface area is 142 Å². The van der Waals surface area contributed by atoms with E-state index in [2.05, 4.69) is 11.7 Å². The van der Waals surface area contributed by atoms with Crippen LogP contribution in [-0.4, -0.2) is 43.1 Å². The molecule has 0 aliphatic rings. The number of esters is 1. The van der Waals surface area contributed by atoms with Crippen molar-refractivity contribution in [2.75, 3.05) is 21.2 Å². The zero-order valence-corrected chi connectivity index (χ0v) is 14.0. The molecule has 0 saturated carbocycles. The standard InChI is InChI=1S/C16H14ClFN2O4/c1-8(15(21)20(2)3)14-12(16(22)23-4)13(19-24-14)11-9(17)6-5-7-10(11)18/h5-7H,1H2,2-4H3. The van der Waals surface area contributed by atoms with Crippen LogP contribution >= 0.6 is 11.6 Å². The van der Waals surface area contributed by atoms with E-state index in [1.54, 1.807) is 0 Å². The van der Waals surface area contributed by atoms with Crippen LogP contribution in [0.4, 0.5) is 4.39 Å². The van der Waals surface area contributed by atoms with Crippen molar-refractivity contribution in [3.8, 4) is 11.3 Å². The number of amides is 1. The molecule has 1 aromatic carbocycles. The molecule has 1 aromatic heterocycles. The van der Waals surface area contributed by atoms with Gasteiger partial charge in [-0.3, -0.25) is 4.79 Å². The Morgan fingerprint density at radius 3 is 2.58 bits per heavy atom. The summed E-state index contributed by atoms with van der Waals surface area (Å²) in [5.41, 5.74) is -0.622. The number of carbonyl (C=O) groups is 2. The monoisotopic (exact) mass is 352 g/mol. The lowest BCUT2D eigenvalue weighted by atomic mass is 10.0. The Morgan fingerprint density at radius 1 is 1.38 bits per heavy atom. The number of aromatic nitrogens is 1. The molecule has 0 atom stereocenters. The summed E-state index contributed by atoms with van der Waals surface area (Å²) >= 11 is 6.01. The average molecular weight is 353 g/mol. The molecule has 0 bridgehead atoms. The molecule has 0 aliphatic carbocycles. The Balaban J connectivity index is 2.70. The Kier molecular flexibility index (Phi) is 5.04. The number of ether oxygens (including phenoxy) is 1. The number of nitrogens with zero attached hydrogens (tertiary/aromatic N) is 2. The van der Waals surface area contributed by atoms with Crippen molar-refractivity contribution in [2.45, 2.75) is 0 Å². The van der Waals surface area contributed by atoms with Gasteiger partial charge in [-0.25, -0.2) is 9.18 Å². The molecule has 0 aliphatic heterocycles. The van der Waals surface area contributed by atoms with Crippen LogP contribution in [0.2, 0.25) is 5.02 Å². The maximum atomic E-state index is 14.2. The molecule has 0 unspecified atom stereocenters. The largest absolute Gasteiger partial charge is 0.465 e. The van der Waals surface area contributed by atoms with Crippen LogP contribution < -0.4 is 0 Å². The average Bonchev–Trinajstić information content (AvgIpc) is 2.97. The van der Waals surface area contributed by atoms with Gasteiger partial charge in [0.2, 0.25) is 0 Å². The second-order valence-corrected chi connectivity index (χ2v) is 5.41. The van der Waals surface area contributed by atoms with Crippen LogP contribution in [0.3, 0.4) is 0 Å². The van der Waals surface area contributed by atoms with E-state index in [0.717, 1.165) is 13.2 Å². The molecule has 0 saturated heterocycles. The Morgan fingerprint density at radius 2 is 2.04 bits per heavy atom. The van der Waals surface area contributed by atoms with Crippen molar-refractivity contribution >= 4 is 29.1 Å². The Bertz CT molecular complexity index is 809. The maximum absolute atomic E-state index is 14.2. The summed E-state index contributed by atoms with van der Waals surface area (Å²) in [7, 11) is 4.16. The molecule has 0 N–H and O–H groups in total. The normalized spacial score (nSPS) is 10.4. The molecule has 2 aromatic rings. The van der Waals surface area contributed by atoms with E-state index in [1.165, 1.54) is 31.1 Å². The molecule has 0 spiro atoms. The first-order chi connectivity index (χ1) is 11.3. The minimum absolute atomic E-state index is 0.0320. The summed E-state index contributed by atoms with van der Waals surface area (Å²) in [5, 5.41) is 3.74. The van der Waals surface area contributed by atoms with Crippen molar-refractivity contribution in [3.63, 3.8) is 0 Å². The fraction of sp³-hybridized carbons (Fsp3) is 0.188. The van der Waals surface area contributed by atoms with E-state index in [9.17, 15) is 14.0 Å². The van der Waals surface area contributed by atoms with Crippen LogP contribution in [0.15, 0.2) is 29.3 Å². The van der Waals surface area contributed by atoms with E-state index >= 15 is 0 Å². The third-order valence-electron chi connectivity index (χ3n) is 3.22. The predicted octanol–water partition coefficient (Wildman–Crippen LogP) is 3.02. The predicted molar refractivity (Wildman–Crippen MR) is 86.0 cm³/mol. The minimum Gasteiger partial charge on any atom is -0.465 e. The highest BCUT2D eigenvalue weighted by Crippen LogP contribution is 2.35. The van der Waals surface area contributed by atoms with Gasteiger partial charge >= 0.3 is 5.97 Å². The second-order valence-electron chi connectivity index (χ2n) is 5.00. The minimum atomic E-state index is -0.853. The first kappa shape index (κ1) is 17.7. The van der Waals surface area contributed by atoms with Crippen molar-refractivity contribution in [3.05, 3.63) is 46.9 Å². The van der Waals surface area contributed by atoms with Crippen molar-refractivity contribution < 1.29 is 23.2 Å². The van der Waals surface area contributed by atoms with Gasteiger partial charge in [0.25, 0.3) is 5.91 Å². The van der Waals surface area contributed by atoms with E-state index in [1.807, 2.05) is 0 Å². The number of rotatable bonds is 4. The second kappa shape index (κ2) is 6.84. The van der Waals surface area contributed by atoms with Gasteiger partial charge in [0.15, 0.2) is 5.76 Å². The quantitative estimate of drug-likeness (QED) is 0.624. The maximum Gasteiger partial charge on any atom is 0.344 e. The van der Waals surface area contributed by atoms with E-state index in [0.29, 0.717) is 0 Å². The summed E-state index contributed by atoms with van der Waals surface area (Å²) < 4.78 is 24.0. The van der Waals surface area contributed by atoms with Crippen LogP contribution in [-0.2, 0) is 9.53 Å². The molecular formula is C16H14ClFN2O4. The fourth-order valence-electron chi connectivity index (χ4n) is 2.05. The third kappa shape index (κ3) is 3.03. The molecule has 2 rings (SSSR count). The number of benzene rings is 1. The SMILES string of the molecule is C=C(C(=O)N(C)C)c1onc(-c2c(F)cccc2Cl)c1C(=O)OC. The molecule has 1 heterocycles. The van der Waals surface area contributed by atoms with Crippen molar-refractivity contribution in [2.24, 2.45) is 0 Å². The molecule has 24 heavy (non-hydrogen) atoms. The third-order valence-corrected chi connectivity index (χ3v) is 3.53. The number of hydrogen-bond acceptors (Lipinski definition) is 5. The summed E-state index contributed by atoms with van der Waals surface area (Å²) in [5.74, 6) is -2.25. The number of likely N-dealkylation sites (N-methyl/N-ethyl adjacent to an activating group) is 1. The van der Waals surface area contributed by atoms with Crippen molar-refractivity contribution in [1.29, 1.82) is 0 Å². The lowest BCUT2D eigenvalue weighted by molar-refractivity contribution is -0.122. The smallest absolute Gasteiger partial charge is 0.344 e. The molecule has 0 fully saturated rings. The van der Waals surface area contributed by atoms with Crippen molar-refractivity contribution in [1.82, 2.24) is 10.1 Å². The lowest BCUT2D eigenvalue weighted by Crippen LogP contribution is -2.23. The first-order valence-electron chi connectivity index (χ1n) is 6.72. The highest BCUT2D eigenvalue weighted by atomic mass is 35.5. The number of halogens is 2. The highest BCUT2D eigenvalue weighted by molar-refractivity contribution is 6.33. The number of carbonyl (C=O) groups excluding carboxylic acids is 2. The fourth-order valence-corrected chi connectivity index (χ4v) is 2.30. The van der Waals surface area contributed by atoms with Gasteiger partial charge in [0, 0.05) is 14.1 Å². The van der Waals surface area contributed by atoms with Gasteiger partial charge in [-0.05, 0) is 12.1 Å². The van der Waals surface area contributed by atoms with E-state index in [4.69, 9.17) is 20.9 Å². The van der Waals surface area contributed by atoms with Gasteiger partial charge in [0.05, 0.1) is 23.3 Å². The number of methoxy groups -OCH3 is 1. The molecular weight excluding hydrogens is 339 g/mol. The summed E-state index contributed by atoms with van der Waals surface area (Å²) in [6.07, 6.45) is 0. The van der Waals surface area contributed by atoms with Crippen LogP contribution in [0.5, 0.6) is 0 Å². The van der Waals surface area contributed by atoms with Gasteiger partial charge in [0.1, 0.15) is 17.1 Å². The lowest BCUT2D eigenvalue weighted by Gasteiger charge is -2.11. The van der Waals surface area contributed by atoms with Gasteiger partial charge < -0.3 is 14.2 Å². The summed E-state index contributed by atoms with van der Waals surface area (Å²) in [4.78, 5) is 25.5. The van der Waals surface area contributed by atoms with Crippen LogP contribution in [0, 0.1) is 5.82 Å². The molecule has 0 radical (unpaired) electrons. The zero-order valence-electron chi connectivity index (χ0n) is 13.2. The van der Waals surface area contributed by atoms with Crippen LogP contribution in [0.1, 0.15) is 16.1 Å². The van der Waals surface area contributed by atoms with E-state index in [-0.39, 0.29) is 33.2 Å². The molecule has 126 valence electrons. The topological polar surface area (TPSA) is 72.6 Å². The summed E-state index contributed by atoms with van der Waals surface area (Å²) in [6.45, 7) is 3.62. The zero-order chi connectivity index (χ0) is 18.0. The van der Waals surface area contributed by atoms with Gasteiger partial charge in [-0.15, -0.1) is 0 Å².